The number of aromatic nitrogens is 2. The van der Waals surface area contributed by atoms with Gasteiger partial charge in [-0.1, -0.05) is 64.8 Å². The number of ether oxygens (including phenoxy) is 1. The van der Waals surface area contributed by atoms with E-state index >= 15 is 0 Å². The van der Waals surface area contributed by atoms with Crippen molar-refractivity contribution in [3.63, 3.8) is 0 Å². The van der Waals surface area contributed by atoms with Gasteiger partial charge in [-0.3, -0.25) is 4.57 Å². The Morgan fingerprint density at radius 1 is 1.03 bits per heavy atom. The molecule has 1 unspecified atom stereocenters. The van der Waals surface area contributed by atoms with E-state index in [2.05, 4.69) is 4.98 Å². The Morgan fingerprint density at radius 3 is 2.45 bits per heavy atom. The van der Waals surface area contributed by atoms with Gasteiger partial charge < -0.3 is 20.1 Å². The molecule has 0 radical (unpaired) electrons. The van der Waals surface area contributed by atoms with E-state index < -0.39 is 31.1 Å². The number of fused-ring (bicyclic) bond motifs is 1. The second-order valence-electron chi connectivity index (χ2n) is 6.63. The van der Waals surface area contributed by atoms with Crippen LogP contribution in [0.1, 0.15) is 11.8 Å². The van der Waals surface area contributed by atoms with Gasteiger partial charge >= 0.3 is 0 Å². The fraction of sp³-hybridized carbons (Fsp3) is 0.316. The summed E-state index contributed by atoms with van der Waals surface area (Å²) >= 11 is 20.0. The summed E-state index contributed by atoms with van der Waals surface area (Å²) in [4.78, 5) is 4.62. The highest BCUT2D eigenvalue weighted by atomic mass is 35.5. The number of thioether (sulfide) groups is 1. The number of imidazole rings is 1. The molecule has 0 spiro atoms. The summed E-state index contributed by atoms with van der Waals surface area (Å²) in [7, 11) is 0. The molecule has 4 rings (SSSR count). The second-order valence-corrected chi connectivity index (χ2v) is 8.79. The van der Waals surface area contributed by atoms with Crippen molar-refractivity contribution in [3.05, 3.63) is 57.0 Å². The predicted molar refractivity (Wildman–Crippen MR) is 114 cm³/mol. The van der Waals surface area contributed by atoms with E-state index in [1.807, 2.05) is 24.3 Å². The van der Waals surface area contributed by atoms with Crippen molar-refractivity contribution < 1.29 is 20.1 Å². The molecule has 0 aliphatic carbocycles. The number of aliphatic hydroxyl groups is 3. The van der Waals surface area contributed by atoms with Crippen molar-refractivity contribution in [1.82, 2.24) is 9.55 Å². The zero-order valence-corrected chi connectivity index (χ0v) is 18.0. The first-order chi connectivity index (χ1) is 13.9. The molecule has 1 aliphatic heterocycles. The van der Waals surface area contributed by atoms with Crippen molar-refractivity contribution >= 4 is 57.6 Å². The van der Waals surface area contributed by atoms with E-state index in [1.165, 1.54) is 11.8 Å². The van der Waals surface area contributed by atoms with E-state index in [-0.39, 0.29) is 0 Å². The maximum atomic E-state index is 10.5. The van der Waals surface area contributed by atoms with Gasteiger partial charge in [0.25, 0.3) is 0 Å². The molecule has 1 saturated heterocycles. The Balaban J connectivity index is 1.77. The molecule has 0 saturated carbocycles. The topological polar surface area (TPSA) is 87.7 Å². The molecule has 10 heteroatoms. The number of hydrogen-bond acceptors (Lipinski definition) is 6. The lowest BCUT2D eigenvalue weighted by molar-refractivity contribution is -0.0546. The van der Waals surface area contributed by atoms with Gasteiger partial charge in [0.15, 0.2) is 11.4 Å². The molecule has 154 valence electrons. The number of aliphatic hydroxyl groups excluding tert-OH is 3. The number of hydrogen-bond donors (Lipinski definition) is 3. The SMILES string of the molecule is OC[C@H]1OC(n2c(SCc3ccccc3Cl)nc3cc(Cl)c(Cl)cc32)[C@H](O)[C@@H]1O. The summed E-state index contributed by atoms with van der Waals surface area (Å²) in [5.41, 5.74) is 2.09. The molecule has 29 heavy (non-hydrogen) atoms. The minimum Gasteiger partial charge on any atom is -0.394 e. The van der Waals surface area contributed by atoms with Crippen molar-refractivity contribution in [3.8, 4) is 0 Å². The van der Waals surface area contributed by atoms with Crippen molar-refractivity contribution in [2.24, 2.45) is 0 Å². The average Bonchev–Trinajstić information content (AvgIpc) is 3.18. The standard InChI is InChI=1S/C19H17Cl3N2O4S/c20-10-4-2-1-3-9(10)8-29-19-23-13-5-11(21)12(22)6-14(13)24(19)18-17(27)16(26)15(7-25)28-18/h1-6,15-18,25-27H,7-8H2/t15-,16-,17-,18?/m1/s1. The largest absolute Gasteiger partial charge is 0.394 e. The Morgan fingerprint density at radius 2 is 1.76 bits per heavy atom. The molecule has 6 nitrogen and oxygen atoms in total. The van der Waals surface area contributed by atoms with Crippen LogP contribution in [0, 0.1) is 0 Å². The highest BCUT2D eigenvalue weighted by molar-refractivity contribution is 7.98. The van der Waals surface area contributed by atoms with Crippen LogP contribution in [0.4, 0.5) is 0 Å². The normalized spacial score (nSPS) is 24.5. The van der Waals surface area contributed by atoms with Crippen LogP contribution < -0.4 is 0 Å². The predicted octanol–water partition coefficient (Wildman–Crippen LogP) is 3.90. The molecule has 0 amide bonds. The monoisotopic (exact) mass is 474 g/mol. The van der Waals surface area contributed by atoms with E-state index in [4.69, 9.17) is 39.5 Å². The summed E-state index contributed by atoms with van der Waals surface area (Å²) in [6, 6.07) is 10.8. The smallest absolute Gasteiger partial charge is 0.171 e. The first kappa shape index (κ1) is 21.2. The molecule has 1 aliphatic rings. The maximum absolute atomic E-state index is 10.5. The van der Waals surface area contributed by atoms with Gasteiger partial charge in [0, 0.05) is 10.8 Å². The molecule has 3 N–H and O–H groups in total. The highest BCUT2D eigenvalue weighted by Crippen LogP contribution is 2.39. The molecule has 0 bridgehead atoms. The van der Waals surface area contributed by atoms with E-state index in [9.17, 15) is 15.3 Å². The maximum Gasteiger partial charge on any atom is 0.171 e. The lowest BCUT2D eigenvalue weighted by Gasteiger charge is -2.20. The van der Waals surface area contributed by atoms with Crippen LogP contribution in [0.3, 0.4) is 0 Å². The lowest BCUT2D eigenvalue weighted by atomic mass is 10.1. The second kappa shape index (κ2) is 8.61. The Bertz CT molecular complexity index is 1050. The third-order valence-corrected chi connectivity index (χ3v) is 6.88. The van der Waals surface area contributed by atoms with Crippen molar-refractivity contribution in [2.75, 3.05) is 6.61 Å². The zero-order valence-electron chi connectivity index (χ0n) is 14.9. The molecular weight excluding hydrogens is 459 g/mol. The van der Waals surface area contributed by atoms with Gasteiger partial charge in [-0.15, -0.1) is 0 Å². The highest BCUT2D eigenvalue weighted by Gasteiger charge is 2.44. The molecule has 3 aromatic rings. The molecule has 2 aromatic carbocycles. The summed E-state index contributed by atoms with van der Waals surface area (Å²) in [5.74, 6) is 0.527. The van der Waals surface area contributed by atoms with Gasteiger partial charge in [-0.25, -0.2) is 4.98 Å². The van der Waals surface area contributed by atoms with Gasteiger partial charge in [-0.05, 0) is 23.8 Å². The molecule has 2 heterocycles. The summed E-state index contributed by atoms with van der Waals surface area (Å²) in [5, 5.41) is 32.0. The molecule has 1 aromatic heterocycles. The average molecular weight is 476 g/mol. The summed E-state index contributed by atoms with van der Waals surface area (Å²) in [6.45, 7) is -0.421. The first-order valence-electron chi connectivity index (χ1n) is 8.76. The summed E-state index contributed by atoms with van der Waals surface area (Å²) in [6.07, 6.45) is -4.33. The minimum atomic E-state index is -1.25. The number of halogens is 3. The van der Waals surface area contributed by atoms with Crippen LogP contribution in [0.5, 0.6) is 0 Å². The van der Waals surface area contributed by atoms with Gasteiger partial charge in [0.1, 0.15) is 18.3 Å². The first-order valence-corrected chi connectivity index (χ1v) is 10.9. The number of rotatable bonds is 5. The quantitative estimate of drug-likeness (QED) is 0.485. The third-order valence-electron chi connectivity index (χ3n) is 4.79. The van der Waals surface area contributed by atoms with E-state index in [0.29, 0.717) is 37.0 Å². The van der Waals surface area contributed by atoms with Crippen LogP contribution in [-0.4, -0.2) is 49.8 Å². The Kier molecular flexibility index (Phi) is 6.30. The van der Waals surface area contributed by atoms with Crippen molar-refractivity contribution in [1.29, 1.82) is 0 Å². The van der Waals surface area contributed by atoms with Gasteiger partial charge in [-0.2, -0.15) is 0 Å². The van der Waals surface area contributed by atoms with E-state index in [0.717, 1.165) is 5.56 Å². The lowest BCUT2D eigenvalue weighted by Crippen LogP contribution is -2.33. The Labute approximate surface area is 186 Å². The fourth-order valence-electron chi connectivity index (χ4n) is 3.27. The summed E-state index contributed by atoms with van der Waals surface area (Å²) < 4.78 is 7.40. The van der Waals surface area contributed by atoms with Crippen molar-refractivity contribution in [2.45, 2.75) is 35.4 Å². The Hall–Kier alpha value is -1.03. The number of nitrogens with zero attached hydrogens (tertiary/aromatic N) is 2. The van der Waals surface area contributed by atoms with Gasteiger partial charge in [0.2, 0.25) is 0 Å². The zero-order chi connectivity index (χ0) is 20.7. The van der Waals surface area contributed by atoms with Crippen LogP contribution in [0.2, 0.25) is 15.1 Å². The third kappa shape index (κ3) is 3.98. The van der Waals surface area contributed by atoms with Crippen LogP contribution in [0.25, 0.3) is 11.0 Å². The fourth-order valence-corrected chi connectivity index (χ4v) is 4.91. The molecular formula is C19H17Cl3N2O4S. The van der Waals surface area contributed by atoms with Crippen LogP contribution in [-0.2, 0) is 10.5 Å². The van der Waals surface area contributed by atoms with E-state index in [1.54, 1.807) is 16.7 Å². The molecule has 4 atom stereocenters. The van der Waals surface area contributed by atoms with Crippen LogP contribution >= 0.6 is 46.6 Å². The number of benzene rings is 2. The van der Waals surface area contributed by atoms with Crippen LogP contribution in [0.15, 0.2) is 41.6 Å². The van der Waals surface area contributed by atoms with Gasteiger partial charge in [0.05, 0.1) is 27.7 Å². The molecule has 1 fully saturated rings. The minimum absolute atomic E-state index is 0.328.